The maximum absolute atomic E-state index is 12.7. The predicted octanol–water partition coefficient (Wildman–Crippen LogP) is 3.20. The van der Waals surface area contributed by atoms with Crippen molar-refractivity contribution in [2.24, 2.45) is 5.73 Å². The van der Waals surface area contributed by atoms with Crippen molar-refractivity contribution < 1.29 is 4.74 Å². The van der Waals surface area contributed by atoms with Gasteiger partial charge in [0.2, 0.25) is 5.88 Å². The fraction of sp³-hybridized carbons (Fsp3) is 0.222. The van der Waals surface area contributed by atoms with E-state index < -0.39 is 5.92 Å². The second-order valence-electron chi connectivity index (χ2n) is 5.63. The molecule has 0 amide bonds. The van der Waals surface area contributed by atoms with Crippen LogP contribution in [0.4, 0.5) is 0 Å². The normalized spacial score (nSPS) is 16.3. The minimum absolute atomic E-state index is 0.0167. The highest BCUT2D eigenvalue weighted by atomic mass is 35.5. The smallest absolute Gasteiger partial charge is 0.256 e. The first-order chi connectivity index (χ1) is 11.5. The second kappa shape index (κ2) is 6.42. The van der Waals surface area contributed by atoms with Crippen LogP contribution in [0, 0.1) is 11.3 Å². The van der Waals surface area contributed by atoms with Gasteiger partial charge in [0.25, 0.3) is 5.56 Å². The standard InChI is InChI=1S/C18H16ClN3O2/c1-2-4-12-8-14-16(18(23)22-12)15(13(9-20)17(21)24-14)10-5-3-6-11(19)7-10/h3,5-8,15H,2,4,21H2,1H3,(H,22,23). The van der Waals surface area contributed by atoms with Crippen LogP contribution in [0.1, 0.15) is 36.1 Å². The number of aryl methyl sites for hydroxylation is 1. The number of H-pyrrole nitrogens is 1. The van der Waals surface area contributed by atoms with Gasteiger partial charge in [0, 0.05) is 16.8 Å². The number of nitrogens with one attached hydrogen (secondary N) is 1. The van der Waals surface area contributed by atoms with Crippen molar-refractivity contribution in [3.8, 4) is 11.8 Å². The van der Waals surface area contributed by atoms with Crippen molar-refractivity contribution in [2.75, 3.05) is 0 Å². The molecule has 1 aliphatic heterocycles. The van der Waals surface area contributed by atoms with Crippen LogP contribution in [0.25, 0.3) is 0 Å². The Balaban J connectivity index is 2.25. The molecule has 2 aromatic rings. The first kappa shape index (κ1) is 16.2. The Morgan fingerprint density at radius 1 is 1.42 bits per heavy atom. The van der Waals surface area contributed by atoms with Crippen LogP contribution < -0.4 is 16.0 Å². The number of rotatable bonds is 3. The Morgan fingerprint density at radius 3 is 2.88 bits per heavy atom. The molecule has 0 fully saturated rings. The van der Waals surface area contributed by atoms with Crippen molar-refractivity contribution in [2.45, 2.75) is 25.7 Å². The van der Waals surface area contributed by atoms with Gasteiger partial charge in [-0.3, -0.25) is 4.79 Å². The largest absolute Gasteiger partial charge is 0.440 e. The van der Waals surface area contributed by atoms with Crippen molar-refractivity contribution in [3.63, 3.8) is 0 Å². The first-order valence-corrected chi connectivity index (χ1v) is 8.02. The zero-order valence-electron chi connectivity index (χ0n) is 13.1. The SMILES string of the molecule is CCCc1cc2c(c(=O)[nH]1)C(c1cccc(Cl)c1)C(C#N)=C(N)O2. The fourth-order valence-corrected chi connectivity index (χ4v) is 3.16. The number of aromatic nitrogens is 1. The van der Waals surface area contributed by atoms with Crippen LogP contribution in [-0.2, 0) is 6.42 Å². The molecule has 0 radical (unpaired) electrons. The molecule has 1 unspecified atom stereocenters. The Hall–Kier alpha value is -2.71. The Bertz CT molecular complexity index is 925. The first-order valence-electron chi connectivity index (χ1n) is 7.64. The van der Waals surface area contributed by atoms with E-state index >= 15 is 0 Å². The van der Waals surface area contributed by atoms with Gasteiger partial charge in [-0.2, -0.15) is 5.26 Å². The number of fused-ring (bicyclic) bond motifs is 1. The van der Waals surface area contributed by atoms with E-state index in [9.17, 15) is 10.1 Å². The van der Waals surface area contributed by atoms with Gasteiger partial charge in [-0.05, 0) is 24.1 Å². The van der Waals surface area contributed by atoms with Gasteiger partial charge in [-0.15, -0.1) is 0 Å². The topological polar surface area (TPSA) is 91.9 Å². The van der Waals surface area contributed by atoms with Crippen molar-refractivity contribution in [1.29, 1.82) is 5.26 Å². The number of ether oxygens (including phenoxy) is 1. The molecule has 24 heavy (non-hydrogen) atoms. The molecule has 5 nitrogen and oxygen atoms in total. The molecule has 0 aliphatic carbocycles. The average molecular weight is 342 g/mol. The van der Waals surface area contributed by atoms with E-state index in [1.165, 1.54) is 0 Å². The van der Waals surface area contributed by atoms with Crippen LogP contribution >= 0.6 is 11.6 Å². The highest BCUT2D eigenvalue weighted by Crippen LogP contribution is 2.40. The number of allylic oxidation sites excluding steroid dienone is 1. The summed E-state index contributed by atoms with van der Waals surface area (Å²) in [4.78, 5) is 15.5. The summed E-state index contributed by atoms with van der Waals surface area (Å²) in [7, 11) is 0. The summed E-state index contributed by atoms with van der Waals surface area (Å²) in [5.74, 6) is -0.191. The zero-order chi connectivity index (χ0) is 17.3. The molecular formula is C18H16ClN3O2. The maximum atomic E-state index is 12.7. The van der Waals surface area contributed by atoms with E-state index in [2.05, 4.69) is 11.1 Å². The van der Waals surface area contributed by atoms with E-state index in [4.69, 9.17) is 22.1 Å². The van der Waals surface area contributed by atoms with Gasteiger partial charge >= 0.3 is 0 Å². The molecule has 0 spiro atoms. The van der Waals surface area contributed by atoms with Crippen molar-refractivity contribution in [3.05, 3.63) is 74.0 Å². The summed E-state index contributed by atoms with van der Waals surface area (Å²) < 4.78 is 5.57. The van der Waals surface area contributed by atoms with E-state index in [-0.39, 0.29) is 17.0 Å². The van der Waals surface area contributed by atoms with Crippen LogP contribution in [0.2, 0.25) is 5.02 Å². The summed E-state index contributed by atoms with van der Waals surface area (Å²) in [6.07, 6.45) is 1.61. The second-order valence-corrected chi connectivity index (χ2v) is 6.07. The molecule has 3 N–H and O–H groups in total. The molecule has 1 aromatic heterocycles. The molecule has 3 rings (SSSR count). The Labute approximate surface area is 144 Å². The lowest BCUT2D eigenvalue weighted by atomic mass is 9.84. The molecule has 1 aromatic carbocycles. The molecule has 1 atom stereocenters. The zero-order valence-corrected chi connectivity index (χ0v) is 13.9. The summed E-state index contributed by atoms with van der Waals surface area (Å²) in [5, 5.41) is 10.0. The average Bonchev–Trinajstić information content (AvgIpc) is 2.53. The number of aromatic amines is 1. The van der Waals surface area contributed by atoms with Crippen molar-refractivity contribution >= 4 is 11.6 Å². The predicted molar refractivity (Wildman–Crippen MR) is 91.8 cm³/mol. The number of nitrogens with zero attached hydrogens (tertiary/aromatic N) is 1. The Morgan fingerprint density at radius 2 is 2.21 bits per heavy atom. The molecule has 6 heteroatoms. The number of nitriles is 1. The summed E-state index contributed by atoms with van der Waals surface area (Å²) >= 11 is 6.08. The quantitative estimate of drug-likeness (QED) is 0.896. The molecular weight excluding hydrogens is 326 g/mol. The number of benzene rings is 1. The number of pyridine rings is 1. The molecule has 0 saturated carbocycles. The number of nitrogens with two attached hydrogens (primary N) is 1. The highest BCUT2D eigenvalue weighted by molar-refractivity contribution is 6.30. The number of halogens is 1. The van der Waals surface area contributed by atoms with Crippen LogP contribution in [0.15, 0.2) is 46.6 Å². The third kappa shape index (κ3) is 2.77. The number of hydrogen-bond acceptors (Lipinski definition) is 4. The van der Waals surface area contributed by atoms with Gasteiger partial charge in [0.15, 0.2) is 0 Å². The fourth-order valence-electron chi connectivity index (χ4n) is 2.96. The molecule has 122 valence electrons. The maximum Gasteiger partial charge on any atom is 0.256 e. The van der Waals surface area contributed by atoms with Gasteiger partial charge in [0.05, 0.1) is 11.5 Å². The molecule has 2 heterocycles. The van der Waals surface area contributed by atoms with Gasteiger partial charge in [-0.1, -0.05) is 37.1 Å². The van der Waals surface area contributed by atoms with Crippen LogP contribution in [0.5, 0.6) is 5.75 Å². The Kier molecular flexibility index (Phi) is 4.32. The molecule has 1 aliphatic rings. The summed E-state index contributed by atoms with van der Waals surface area (Å²) in [5.41, 5.74) is 7.74. The van der Waals surface area contributed by atoms with Gasteiger partial charge in [0.1, 0.15) is 17.4 Å². The van der Waals surface area contributed by atoms with E-state index in [0.717, 1.165) is 24.1 Å². The minimum Gasteiger partial charge on any atom is -0.440 e. The van der Waals surface area contributed by atoms with Gasteiger partial charge < -0.3 is 15.5 Å². The highest BCUT2D eigenvalue weighted by Gasteiger charge is 2.33. The lowest BCUT2D eigenvalue weighted by Gasteiger charge is -2.26. The summed E-state index contributed by atoms with van der Waals surface area (Å²) in [6, 6.07) is 10.9. The van der Waals surface area contributed by atoms with E-state index in [1.54, 1.807) is 24.3 Å². The minimum atomic E-state index is -0.600. The molecule has 0 saturated heterocycles. The monoisotopic (exact) mass is 341 g/mol. The van der Waals surface area contributed by atoms with Crippen molar-refractivity contribution in [1.82, 2.24) is 4.98 Å². The lowest BCUT2D eigenvalue weighted by Crippen LogP contribution is -2.28. The third-order valence-electron chi connectivity index (χ3n) is 3.97. The van der Waals surface area contributed by atoms with Gasteiger partial charge in [-0.25, -0.2) is 0 Å². The third-order valence-corrected chi connectivity index (χ3v) is 4.21. The molecule has 0 bridgehead atoms. The summed E-state index contributed by atoms with van der Waals surface area (Å²) in [6.45, 7) is 2.02. The lowest BCUT2D eigenvalue weighted by molar-refractivity contribution is 0.391. The van der Waals surface area contributed by atoms with Crippen LogP contribution in [-0.4, -0.2) is 4.98 Å². The van der Waals surface area contributed by atoms with E-state index in [1.807, 2.05) is 13.0 Å². The van der Waals surface area contributed by atoms with E-state index in [0.29, 0.717) is 16.3 Å². The van der Waals surface area contributed by atoms with Crippen LogP contribution in [0.3, 0.4) is 0 Å². The number of hydrogen-bond donors (Lipinski definition) is 2.